The van der Waals surface area contributed by atoms with Gasteiger partial charge in [0.05, 0.1) is 17.7 Å². The Morgan fingerprint density at radius 1 is 0.870 bits per heavy atom. The van der Waals surface area contributed by atoms with Gasteiger partial charge in [0.25, 0.3) is 5.56 Å². The average Bonchev–Trinajstić information content (AvgIpc) is 3.56. The van der Waals surface area contributed by atoms with Crippen LogP contribution in [0.1, 0.15) is 80.1 Å². The predicted octanol–water partition coefficient (Wildman–Crippen LogP) is 6.16. The standard InChI is InChI=1S/C34H37F4N3O5/c35-22-11-12-24(26(36)17-22)31(43)25-13-14-29(42)41(32(25)39)30-27(37)18-23(19-28(30)38)46-16-6-15-40-34(33(44)45,21-9-4-5-10-21)20-7-2-1-3-8-20/h11-14,17-21,40H,1-10,15-16,39H2,(H,44,45)/t34-/m1/s1. The molecule has 0 unspecified atom stereocenters. The Hall–Kier alpha value is -4.19. The maximum Gasteiger partial charge on any atom is 0.324 e. The third-order valence-electron chi connectivity index (χ3n) is 9.37. The zero-order chi connectivity index (χ0) is 33.0. The second-order valence-corrected chi connectivity index (χ2v) is 12.1. The van der Waals surface area contributed by atoms with Crippen LogP contribution in [0.2, 0.25) is 0 Å². The molecule has 12 heteroatoms. The fourth-order valence-electron chi connectivity index (χ4n) is 7.18. The van der Waals surface area contributed by atoms with Gasteiger partial charge in [-0.3, -0.25) is 19.0 Å². The number of rotatable bonds is 12. The molecule has 0 spiro atoms. The molecule has 46 heavy (non-hydrogen) atoms. The van der Waals surface area contributed by atoms with Crippen LogP contribution in [0.25, 0.3) is 5.69 Å². The van der Waals surface area contributed by atoms with Crippen molar-refractivity contribution in [2.24, 2.45) is 11.8 Å². The Morgan fingerprint density at radius 3 is 2.04 bits per heavy atom. The van der Waals surface area contributed by atoms with Gasteiger partial charge in [-0.05, 0) is 68.7 Å². The summed E-state index contributed by atoms with van der Waals surface area (Å²) in [7, 11) is 0. The number of anilines is 1. The molecule has 1 heterocycles. The number of carbonyl (C=O) groups excluding carboxylic acids is 1. The van der Waals surface area contributed by atoms with Crippen molar-refractivity contribution in [3.8, 4) is 11.4 Å². The van der Waals surface area contributed by atoms with Crippen molar-refractivity contribution in [1.82, 2.24) is 9.88 Å². The molecule has 2 aromatic carbocycles. The van der Waals surface area contributed by atoms with Crippen LogP contribution in [0, 0.1) is 35.1 Å². The molecule has 3 aromatic rings. The molecular weight excluding hydrogens is 606 g/mol. The Morgan fingerprint density at radius 2 is 1.46 bits per heavy atom. The van der Waals surface area contributed by atoms with Crippen LogP contribution in [0.15, 0.2) is 47.3 Å². The summed E-state index contributed by atoms with van der Waals surface area (Å²) in [6.07, 6.45) is 8.98. The summed E-state index contributed by atoms with van der Waals surface area (Å²) in [5.41, 5.74) is 2.23. The fraction of sp³-hybridized carbons (Fsp3) is 0.441. The van der Waals surface area contributed by atoms with E-state index in [1.165, 1.54) is 0 Å². The molecular formula is C34H37F4N3O5. The molecule has 1 aromatic heterocycles. The van der Waals surface area contributed by atoms with Gasteiger partial charge in [0.1, 0.15) is 34.4 Å². The van der Waals surface area contributed by atoms with Gasteiger partial charge in [0, 0.05) is 24.3 Å². The van der Waals surface area contributed by atoms with Crippen molar-refractivity contribution in [3.63, 3.8) is 0 Å². The number of nitrogens with zero attached hydrogens (tertiary/aromatic N) is 1. The highest BCUT2D eigenvalue weighted by Gasteiger charge is 2.51. The molecule has 0 radical (unpaired) electrons. The summed E-state index contributed by atoms with van der Waals surface area (Å²) in [5.74, 6) is -7.05. The van der Waals surface area contributed by atoms with Crippen molar-refractivity contribution < 1.29 is 37.0 Å². The minimum Gasteiger partial charge on any atom is -0.493 e. The Balaban J connectivity index is 1.30. The van der Waals surface area contributed by atoms with E-state index in [1.807, 2.05) is 0 Å². The largest absolute Gasteiger partial charge is 0.493 e. The molecule has 2 aliphatic carbocycles. The van der Waals surface area contributed by atoms with Crippen molar-refractivity contribution >= 4 is 17.6 Å². The quantitative estimate of drug-likeness (QED) is 0.123. The lowest BCUT2D eigenvalue weighted by Crippen LogP contribution is -2.62. The number of aromatic nitrogens is 1. The highest BCUT2D eigenvalue weighted by molar-refractivity contribution is 6.11. The molecule has 2 fully saturated rings. The lowest BCUT2D eigenvalue weighted by molar-refractivity contribution is -0.152. The normalized spacial score (nSPS) is 17.1. The van der Waals surface area contributed by atoms with E-state index in [2.05, 4.69) is 5.32 Å². The number of ether oxygens (including phenoxy) is 1. The molecule has 0 amide bonds. The first-order valence-electron chi connectivity index (χ1n) is 15.7. The average molecular weight is 644 g/mol. The number of aliphatic carboxylic acids is 1. The molecule has 246 valence electrons. The van der Waals surface area contributed by atoms with E-state index in [0.29, 0.717) is 23.6 Å². The van der Waals surface area contributed by atoms with Crippen molar-refractivity contribution in [1.29, 1.82) is 0 Å². The molecule has 2 saturated carbocycles. The number of carboxylic acid groups (broad SMARTS) is 1. The minimum absolute atomic E-state index is 0.0333. The highest BCUT2D eigenvalue weighted by Crippen LogP contribution is 2.44. The molecule has 4 N–H and O–H groups in total. The van der Waals surface area contributed by atoms with E-state index in [9.17, 15) is 28.3 Å². The van der Waals surface area contributed by atoms with Crippen LogP contribution < -0.4 is 21.3 Å². The zero-order valence-electron chi connectivity index (χ0n) is 25.3. The number of carboxylic acids is 1. The van der Waals surface area contributed by atoms with Crippen molar-refractivity contribution in [2.75, 3.05) is 18.9 Å². The number of ketones is 1. The van der Waals surface area contributed by atoms with E-state index >= 15 is 8.78 Å². The van der Waals surface area contributed by atoms with E-state index in [0.717, 1.165) is 94.2 Å². The van der Waals surface area contributed by atoms with Crippen LogP contribution in [-0.2, 0) is 4.79 Å². The van der Waals surface area contributed by atoms with Gasteiger partial charge < -0.3 is 20.9 Å². The first kappa shape index (κ1) is 33.2. The Labute approximate surface area is 263 Å². The summed E-state index contributed by atoms with van der Waals surface area (Å²) in [6, 6.07) is 5.87. The van der Waals surface area contributed by atoms with Crippen molar-refractivity contribution in [3.05, 3.63) is 87.2 Å². The Bertz CT molecular complexity index is 1640. The van der Waals surface area contributed by atoms with Crippen LogP contribution in [0.4, 0.5) is 23.4 Å². The number of hydrogen-bond donors (Lipinski definition) is 3. The van der Waals surface area contributed by atoms with Gasteiger partial charge in [-0.2, -0.15) is 0 Å². The SMILES string of the molecule is Nc1c(C(=O)c2ccc(F)cc2F)ccc(=O)n1-c1c(F)cc(OCCCN[C@](C(=O)O)(C2CCCCC2)C2CCCC2)cc1F. The number of halogens is 4. The molecule has 8 nitrogen and oxygen atoms in total. The topological polar surface area (TPSA) is 124 Å². The number of pyridine rings is 1. The maximum absolute atomic E-state index is 15.3. The maximum atomic E-state index is 15.3. The van der Waals surface area contributed by atoms with Crippen LogP contribution in [0.5, 0.6) is 5.75 Å². The smallest absolute Gasteiger partial charge is 0.324 e. The monoisotopic (exact) mass is 643 g/mol. The summed E-state index contributed by atoms with van der Waals surface area (Å²) in [5, 5.41) is 13.8. The second-order valence-electron chi connectivity index (χ2n) is 12.1. The van der Waals surface area contributed by atoms with Crippen LogP contribution in [0.3, 0.4) is 0 Å². The molecule has 1 atom stereocenters. The number of nitrogen functional groups attached to an aromatic ring is 1. The van der Waals surface area contributed by atoms with E-state index < -0.39 is 68.8 Å². The summed E-state index contributed by atoms with van der Waals surface area (Å²) >= 11 is 0. The number of benzene rings is 2. The first-order chi connectivity index (χ1) is 22.0. The molecule has 0 bridgehead atoms. The highest BCUT2D eigenvalue weighted by atomic mass is 19.1. The molecule has 0 saturated heterocycles. The van der Waals surface area contributed by atoms with E-state index in [1.54, 1.807) is 0 Å². The van der Waals surface area contributed by atoms with Crippen molar-refractivity contribution in [2.45, 2.75) is 69.7 Å². The lowest BCUT2D eigenvalue weighted by Gasteiger charge is -2.44. The zero-order valence-corrected chi connectivity index (χ0v) is 25.3. The molecule has 0 aliphatic heterocycles. The van der Waals surface area contributed by atoms with Gasteiger partial charge in [-0.1, -0.05) is 32.1 Å². The summed E-state index contributed by atoms with van der Waals surface area (Å²) in [4.78, 5) is 38.4. The van der Waals surface area contributed by atoms with Crippen LogP contribution in [-0.4, -0.2) is 40.1 Å². The Kier molecular flexibility index (Phi) is 10.1. The fourth-order valence-corrected chi connectivity index (χ4v) is 7.18. The van der Waals surface area contributed by atoms with Gasteiger partial charge in [0.2, 0.25) is 0 Å². The third kappa shape index (κ3) is 6.53. The van der Waals surface area contributed by atoms with E-state index in [-0.39, 0.29) is 24.2 Å². The van der Waals surface area contributed by atoms with Gasteiger partial charge in [-0.25, -0.2) is 17.6 Å². The number of carbonyl (C=O) groups is 2. The molecule has 2 aliphatic rings. The van der Waals surface area contributed by atoms with Gasteiger partial charge >= 0.3 is 5.97 Å². The van der Waals surface area contributed by atoms with Crippen LogP contribution >= 0.6 is 0 Å². The van der Waals surface area contributed by atoms with Gasteiger partial charge in [-0.15, -0.1) is 0 Å². The number of hydrogen-bond acceptors (Lipinski definition) is 6. The predicted molar refractivity (Wildman–Crippen MR) is 163 cm³/mol. The molecule has 5 rings (SSSR count). The number of nitrogens with one attached hydrogen (secondary N) is 1. The number of nitrogens with two attached hydrogens (primary N) is 1. The summed E-state index contributed by atoms with van der Waals surface area (Å²) in [6.45, 7) is 0.370. The first-order valence-corrected chi connectivity index (χ1v) is 15.7. The summed E-state index contributed by atoms with van der Waals surface area (Å²) < 4.78 is 64.3. The second kappa shape index (κ2) is 14.1. The lowest BCUT2D eigenvalue weighted by atomic mass is 9.67. The van der Waals surface area contributed by atoms with E-state index in [4.69, 9.17) is 10.5 Å². The van der Waals surface area contributed by atoms with Gasteiger partial charge in [0.15, 0.2) is 17.4 Å². The minimum atomic E-state index is -1.21. The third-order valence-corrected chi connectivity index (χ3v) is 9.37.